The van der Waals surface area contributed by atoms with Gasteiger partial charge in [0.2, 0.25) is 5.91 Å². The summed E-state index contributed by atoms with van der Waals surface area (Å²) in [4.78, 5) is 32.2. The highest BCUT2D eigenvalue weighted by Gasteiger charge is 2.34. The molecule has 2 amide bonds. The average molecular weight is 537 g/mol. The molecule has 0 bridgehead atoms. The van der Waals surface area contributed by atoms with Gasteiger partial charge in [0.1, 0.15) is 18.9 Å². The van der Waals surface area contributed by atoms with Crippen LogP contribution in [-0.4, -0.2) is 62.1 Å². The topological polar surface area (TPSA) is 68.3 Å². The minimum absolute atomic E-state index is 0.00497. The molecule has 38 heavy (non-hydrogen) atoms. The lowest BCUT2D eigenvalue weighted by Crippen LogP contribution is -2.48. The zero-order valence-electron chi connectivity index (χ0n) is 22.5. The molecule has 4 rings (SSSR count). The number of methoxy groups -OCH3 is 2. The third-order valence-electron chi connectivity index (χ3n) is 7.04. The second-order valence-corrected chi connectivity index (χ2v) is 10.5. The molecule has 0 unspecified atom stereocenters. The first kappa shape index (κ1) is 27.5. The number of nitrogens with zero attached hydrogens (tertiary/aromatic N) is 2. The zero-order valence-corrected chi connectivity index (χ0v) is 23.3. The van der Waals surface area contributed by atoms with E-state index >= 15 is 0 Å². The first-order valence-electron chi connectivity index (χ1n) is 13.0. The van der Waals surface area contributed by atoms with Gasteiger partial charge in [0.05, 0.1) is 20.3 Å². The number of thiophene rings is 1. The summed E-state index contributed by atoms with van der Waals surface area (Å²) in [5.41, 5.74) is 1.62. The molecule has 202 valence electrons. The van der Waals surface area contributed by atoms with Gasteiger partial charge >= 0.3 is 0 Å². The van der Waals surface area contributed by atoms with E-state index in [1.165, 1.54) is 4.88 Å². The summed E-state index contributed by atoms with van der Waals surface area (Å²) in [7, 11) is 3.19. The van der Waals surface area contributed by atoms with Gasteiger partial charge < -0.3 is 24.0 Å². The Bertz CT molecular complexity index is 1240. The normalized spacial score (nSPS) is 15.4. The highest BCUT2D eigenvalue weighted by Crippen LogP contribution is 2.35. The fourth-order valence-electron chi connectivity index (χ4n) is 4.70. The van der Waals surface area contributed by atoms with Crippen LogP contribution >= 0.6 is 11.3 Å². The van der Waals surface area contributed by atoms with E-state index in [2.05, 4.69) is 25.3 Å². The number of ether oxygens (including phenoxy) is 3. The molecule has 0 spiro atoms. The number of carbonyl (C=O) groups excluding carboxylic acids is 2. The Hall–Kier alpha value is -3.52. The Balaban J connectivity index is 1.56. The van der Waals surface area contributed by atoms with Gasteiger partial charge in [0.25, 0.3) is 5.91 Å². The van der Waals surface area contributed by atoms with Crippen LogP contribution in [0.25, 0.3) is 0 Å². The summed E-state index contributed by atoms with van der Waals surface area (Å²) < 4.78 is 17.0. The van der Waals surface area contributed by atoms with Crippen LogP contribution in [0.3, 0.4) is 0 Å². The van der Waals surface area contributed by atoms with Crippen molar-refractivity contribution in [3.8, 4) is 17.2 Å². The monoisotopic (exact) mass is 536 g/mol. The van der Waals surface area contributed by atoms with Gasteiger partial charge in [-0.3, -0.25) is 9.59 Å². The first-order valence-corrected chi connectivity index (χ1v) is 13.9. The Kier molecular flexibility index (Phi) is 9.29. The van der Waals surface area contributed by atoms with Gasteiger partial charge in [0, 0.05) is 23.5 Å². The predicted octanol–water partition coefficient (Wildman–Crippen LogP) is 5.46. The van der Waals surface area contributed by atoms with E-state index < -0.39 is 0 Å². The van der Waals surface area contributed by atoms with E-state index in [-0.39, 0.29) is 30.3 Å². The number of rotatable bonds is 11. The van der Waals surface area contributed by atoms with Crippen molar-refractivity contribution in [2.45, 2.75) is 32.7 Å². The molecule has 0 saturated heterocycles. The second-order valence-electron chi connectivity index (χ2n) is 9.54. The summed E-state index contributed by atoms with van der Waals surface area (Å²) in [6.45, 7) is 5.57. The Morgan fingerprint density at radius 3 is 2.61 bits per heavy atom. The second kappa shape index (κ2) is 12.8. The molecule has 0 saturated carbocycles. The lowest BCUT2D eigenvalue weighted by atomic mass is 10.00. The molecule has 1 aromatic heterocycles. The minimum atomic E-state index is -0.250. The smallest absolute Gasteiger partial charge is 0.254 e. The number of carbonyl (C=O) groups is 2. The molecule has 0 aliphatic carbocycles. The Morgan fingerprint density at radius 2 is 1.87 bits per heavy atom. The van der Waals surface area contributed by atoms with Crippen LogP contribution in [-0.2, 0) is 11.2 Å². The van der Waals surface area contributed by atoms with Crippen LogP contribution in [0.1, 0.15) is 47.1 Å². The number of hydrogen-bond acceptors (Lipinski definition) is 6. The van der Waals surface area contributed by atoms with Gasteiger partial charge in [0.15, 0.2) is 11.5 Å². The molecular formula is C30H36N2O5S. The SMILES string of the molecule is CC[C@@H](C)CN(CC(=O)N1CCc2sccc2[C@H]1COc1ccccc1OC)C(=O)c1cccc(OC)c1. The summed E-state index contributed by atoms with van der Waals surface area (Å²) in [6.07, 6.45) is 1.70. The molecule has 2 heterocycles. The van der Waals surface area contributed by atoms with Crippen molar-refractivity contribution in [3.63, 3.8) is 0 Å². The van der Waals surface area contributed by atoms with E-state index in [1.54, 1.807) is 54.7 Å². The minimum Gasteiger partial charge on any atom is -0.497 e. The summed E-state index contributed by atoms with van der Waals surface area (Å²) in [5.74, 6) is 1.89. The fraction of sp³-hybridized carbons (Fsp3) is 0.400. The van der Waals surface area contributed by atoms with Crippen molar-refractivity contribution in [1.29, 1.82) is 0 Å². The van der Waals surface area contributed by atoms with Gasteiger partial charge in [-0.2, -0.15) is 0 Å². The molecule has 3 aromatic rings. The van der Waals surface area contributed by atoms with E-state index in [9.17, 15) is 9.59 Å². The molecule has 0 N–H and O–H groups in total. The molecule has 7 nitrogen and oxygen atoms in total. The van der Waals surface area contributed by atoms with Crippen LogP contribution < -0.4 is 14.2 Å². The first-order chi connectivity index (χ1) is 18.4. The molecule has 1 aliphatic heterocycles. The highest BCUT2D eigenvalue weighted by atomic mass is 32.1. The van der Waals surface area contributed by atoms with E-state index in [1.807, 2.05) is 29.2 Å². The van der Waals surface area contributed by atoms with Crippen LogP contribution in [0.15, 0.2) is 60.0 Å². The molecular weight excluding hydrogens is 500 g/mol. The van der Waals surface area contributed by atoms with E-state index in [4.69, 9.17) is 14.2 Å². The number of para-hydroxylation sites is 2. The number of benzene rings is 2. The fourth-order valence-corrected chi connectivity index (χ4v) is 5.63. The summed E-state index contributed by atoms with van der Waals surface area (Å²) in [5, 5.41) is 2.07. The van der Waals surface area contributed by atoms with E-state index in [0.29, 0.717) is 42.5 Å². The maximum atomic E-state index is 13.8. The van der Waals surface area contributed by atoms with Crippen LogP contribution in [0, 0.1) is 5.92 Å². The van der Waals surface area contributed by atoms with Crippen molar-refractivity contribution < 1.29 is 23.8 Å². The highest BCUT2D eigenvalue weighted by molar-refractivity contribution is 7.10. The van der Waals surface area contributed by atoms with Crippen molar-refractivity contribution >= 4 is 23.2 Å². The third-order valence-corrected chi connectivity index (χ3v) is 8.04. The third kappa shape index (κ3) is 6.30. The van der Waals surface area contributed by atoms with Crippen molar-refractivity contribution in [3.05, 3.63) is 76.0 Å². The summed E-state index contributed by atoms with van der Waals surface area (Å²) in [6, 6.07) is 16.4. The molecule has 8 heteroatoms. The lowest BCUT2D eigenvalue weighted by Gasteiger charge is -2.37. The summed E-state index contributed by atoms with van der Waals surface area (Å²) >= 11 is 1.71. The van der Waals surface area contributed by atoms with Crippen LogP contribution in [0.5, 0.6) is 17.2 Å². The maximum Gasteiger partial charge on any atom is 0.254 e. The van der Waals surface area contributed by atoms with Crippen molar-refractivity contribution in [1.82, 2.24) is 9.80 Å². The number of fused-ring (bicyclic) bond motifs is 1. The largest absolute Gasteiger partial charge is 0.497 e. The quantitative estimate of drug-likeness (QED) is 0.326. The Morgan fingerprint density at radius 1 is 1.08 bits per heavy atom. The lowest BCUT2D eigenvalue weighted by molar-refractivity contribution is -0.135. The predicted molar refractivity (Wildman–Crippen MR) is 149 cm³/mol. The standard InChI is InChI=1S/C30H36N2O5S/c1-5-21(2)18-31(30(34)22-9-8-10-23(17-22)35-3)19-29(33)32-15-13-28-24(14-16-38-28)25(32)20-37-27-12-7-6-11-26(27)36-4/h6-12,14,16-17,21,25H,5,13,15,18-20H2,1-4H3/t21-,25-/m1/s1. The van der Waals surface area contributed by atoms with Crippen LogP contribution in [0.2, 0.25) is 0 Å². The molecule has 0 fully saturated rings. The molecule has 2 aromatic carbocycles. The van der Waals surface area contributed by atoms with Gasteiger partial charge in [-0.15, -0.1) is 11.3 Å². The molecule has 0 radical (unpaired) electrons. The average Bonchev–Trinajstić information content (AvgIpc) is 3.44. The molecule has 2 atom stereocenters. The van der Waals surface area contributed by atoms with Gasteiger partial charge in [-0.25, -0.2) is 0 Å². The Labute approximate surface area is 228 Å². The van der Waals surface area contributed by atoms with Gasteiger partial charge in [-0.05, 0) is 59.7 Å². The molecule has 1 aliphatic rings. The zero-order chi connectivity index (χ0) is 27.1. The number of hydrogen-bond donors (Lipinski definition) is 0. The van der Waals surface area contributed by atoms with Crippen molar-refractivity contribution in [2.24, 2.45) is 5.92 Å². The van der Waals surface area contributed by atoms with Gasteiger partial charge in [-0.1, -0.05) is 38.5 Å². The van der Waals surface area contributed by atoms with Crippen molar-refractivity contribution in [2.75, 3.05) is 40.5 Å². The number of amides is 2. The van der Waals surface area contributed by atoms with Crippen LogP contribution in [0.4, 0.5) is 0 Å². The van der Waals surface area contributed by atoms with E-state index in [0.717, 1.165) is 18.4 Å². The maximum absolute atomic E-state index is 13.8.